The van der Waals surface area contributed by atoms with Crippen LogP contribution in [0.15, 0.2) is 30.3 Å². The molecule has 0 spiro atoms. The average Bonchev–Trinajstić information content (AvgIpc) is 2.24. The molecule has 0 bridgehead atoms. The van der Waals surface area contributed by atoms with Gasteiger partial charge in [-0.25, -0.2) is 0 Å². The maximum Gasteiger partial charge on any atom is 0.307 e. The molecule has 0 saturated heterocycles. The molecule has 2 rings (SSSR count). The van der Waals surface area contributed by atoms with E-state index in [0.717, 1.165) is 22.1 Å². The van der Waals surface area contributed by atoms with E-state index in [2.05, 4.69) is 12.1 Å². The first-order chi connectivity index (χ1) is 7.59. The minimum atomic E-state index is -0.776. The molecular weight excluding hydrogens is 200 g/mol. The third-order valence-electron chi connectivity index (χ3n) is 2.99. The fourth-order valence-corrected chi connectivity index (χ4v) is 2.17. The summed E-state index contributed by atoms with van der Waals surface area (Å²) in [6.45, 7) is 3.96. The van der Waals surface area contributed by atoms with Gasteiger partial charge in [-0.1, -0.05) is 30.3 Å². The van der Waals surface area contributed by atoms with E-state index in [4.69, 9.17) is 5.11 Å². The minimum absolute atomic E-state index is 0.0997. The Morgan fingerprint density at radius 3 is 2.62 bits per heavy atom. The second-order valence-electron chi connectivity index (χ2n) is 4.09. The number of carboxylic acid groups (broad SMARTS) is 1. The number of aryl methyl sites for hydroxylation is 2. The van der Waals surface area contributed by atoms with E-state index >= 15 is 0 Å². The predicted molar refractivity (Wildman–Crippen MR) is 64.8 cm³/mol. The number of fused-ring (bicyclic) bond motifs is 1. The van der Waals surface area contributed by atoms with Crippen LogP contribution in [0.2, 0.25) is 0 Å². The third-order valence-corrected chi connectivity index (χ3v) is 2.99. The van der Waals surface area contributed by atoms with Gasteiger partial charge in [0, 0.05) is 0 Å². The van der Waals surface area contributed by atoms with Crippen molar-refractivity contribution in [2.75, 3.05) is 0 Å². The van der Waals surface area contributed by atoms with Crippen molar-refractivity contribution in [1.29, 1.82) is 0 Å². The molecule has 1 N–H and O–H groups in total. The summed E-state index contributed by atoms with van der Waals surface area (Å²) in [6.07, 6.45) is 0.0997. The van der Waals surface area contributed by atoms with E-state index in [1.807, 2.05) is 32.0 Å². The first-order valence-electron chi connectivity index (χ1n) is 5.29. The molecule has 0 aromatic heterocycles. The monoisotopic (exact) mass is 214 g/mol. The summed E-state index contributed by atoms with van der Waals surface area (Å²) in [7, 11) is 0. The first kappa shape index (κ1) is 10.7. The van der Waals surface area contributed by atoms with Gasteiger partial charge in [0.1, 0.15) is 0 Å². The van der Waals surface area contributed by atoms with Crippen LogP contribution in [0.3, 0.4) is 0 Å². The molecule has 0 atom stereocenters. The lowest BCUT2D eigenvalue weighted by atomic mass is 9.94. The van der Waals surface area contributed by atoms with Crippen LogP contribution in [0, 0.1) is 13.8 Å². The van der Waals surface area contributed by atoms with Crippen LogP contribution in [-0.2, 0) is 11.2 Å². The summed E-state index contributed by atoms with van der Waals surface area (Å²) >= 11 is 0. The molecule has 0 unspecified atom stereocenters. The Morgan fingerprint density at radius 1 is 1.25 bits per heavy atom. The minimum Gasteiger partial charge on any atom is -0.481 e. The van der Waals surface area contributed by atoms with Crippen molar-refractivity contribution < 1.29 is 9.90 Å². The van der Waals surface area contributed by atoms with E-state index in [-0.39, 0.29) is 6.42 Å². The van der Waals surface area contributed by atoms with Crippen LogP contribution in [0.25, 0.3) is 10.8 Å². The first-order valence-corrected chi connectivity index (χ1v) is 5.29. The fraction of sp³-hybridized carbons (Fsp3) is 0.214. The summed E-state index contributed by atoms with van der Waals surface area (Å²) in [5.41, 5.74) is 3.07. The van der Waals surface area contributed by atoms with Gasteiger partial charge in [-0.3, -0.25) is 4.79 Å². The Hall–Kier alpha value is -1.83. The highest BCUT2D eigenvalue weighted by Gasteiger charge is 2.10. The highest BCUT2D eigenvalue weighted by molar-refractivity contribution is 5.88. The lowest BCUT2D eigenvalue weighted by Gasteiger charge is -2.11. The Balaban J connectivity index is 2.70. The Morgan fingerprint density at radius 2 is 1.94 bits per heavy atom. The van der Waals surface area contributed by atoms with Crippen molar-refractivity contribution in [2.45, 2.75) is 20.3 Å². The zero-order valence-electron chi connectivity index (χ0n) is 9.45. The van der Waals surface area contributed by atoms with Crippen LogP contribution < -0.4 is 0 Å². The van der Waals surface area contributed by atoms with Crippen LogP contribution in [0.1, 0.15) is 16.7 Å². The molecule has 2 heteroatoms. The zero-order valence-corrected chi connectivity index (χ0v) is 9.45. The average molecular weight is 214 g/mol. The molecule has 2 aromatic rings. The molecule has 0 saturated carbocycles. The molecular formula is C14H14O2. The van der Waals surface area contributed by atoms with Crippen molar-refractivity contribution in [3.8, 4) is 0 Å². The summed E-state index contributed by atoms with van der Waals surface area (Å²) in [5, 5.41) is 11.2. The molecule has 0 aliphatic rings. The quantitative estimate of drug-likeness (QED) is 0.834. The van der Waals surface area contributed by atoms with Gasteiger partial charge in [0.15, 0.2) is 0 Å². The number of carbonyl (C=O) groups is 1. The Kier molecular flexibility index (Phi) is 2.65. The van der Waals surface area contributed by atoms with Crippen LogP contribution in [0.5, 0.6) is 0 Å². The van der Waals surface area contributed by atoms with Gasteiger partial charge >= 0.3 is 5.97 Å². The van der Waals surface area contributed by atoms with Crippen molar-refractivity contribution in [2.24, 2.45) is 0 Å². The molecule has 0 heterocycles. The Bertz CT molecular complexity index is 556. The summed E-state index contributed by atoms with van der Waals surface area (Å²) in [5.74, 6) is -0.776. The molecule has 2 nitrogen and oxygen atoms in total. The van der Waals surface area contributed by atoms with Crippen LogP contribution >= 0.6 is 0 Å². The number of hydrogen-bond donors (Lipinski definition) is 1. The highest BCUT2D eigenvalue weighted by Crippen LogP contribution is 2.25. The molecule has 0 aliphatic heterocycles. The van der Waals surface area contributed by atoms with Gasteiger partial charge in [0.2, 0.25) is 0 Å². The second kappa shape index (κ2) is 3.97. The third kappa shape index (κ3) is 1.78. The predicted octanol–water partition coefficient (Wildman–Crippen LogP) is 3.08. The van der Waals surface area contributed by atoms with E-state index in [9.17, 15) is 4.79 Å². The SMILES string of the molecule is Cc1cc2ccccc2c(C)c1CC(=O)O. The number of aliphatic carboxylic acids is 1. The molecule has 16 heavy (non-hydrogen) atoms. The van der Waals surface area contributed by atoms with Crippen molar-refractivity contribution in [3.63, 3.8) is 0 Å². The van der Waals surface area contributed by atoms with Crippen molar-refractivity contribution in [3.05, 3.63) is 47.0 Å². The van der Waals surface area contributed by atoms with E-state index in [1.54, 1.807) is 0 Å². The van der Waals surface area contributed by atoms with Gasteiger partial charge in [-0.05, 0) is 41.3 Å². The van der Waals surface area contributed by atoms with Crippen molar-refractivity contribution >= 4 is 16.7 Å². The number of rotatable bonds is 2. The topological polar surface area (TPSA) is 37.3 Å². The van der Waals surface area contributed by atoms with Gasteiger partial charge in [-0.2, -0.15) is 0 Å². The lowest BCUT2D eigenvalue weighted by molar-refractivity contribution is -0.136. The van der Waals surface area contributed by atoms with E-state index < -0.39 is 5.97 Å². The van der Waals surface area contributed by atoms with Crippen molar-refractivity contribution in [1.82, 2.24) is 0 Å². The van der Waals surface area contributed by atoms with Crippen LogP contribution in [-0.4, -0.2) is 11.1 Å². The van der Waals surface area contributed by atoms with Gasteiger partial charge in [-0.15, -0.1) is 0 Å². The normalized spacial score (nSPS) is 10.6. The molecule has 0 aliphatic carbocycles. The molecule has 2 aromatic carbocycles. The number of carboxylic acids is 1. The zero-order chi connectivity index (χ0) is 11.7. The largest absolute Gasteiger partial charge is 0.481 e. The summed E-state index contributed by atoms with van der Waals surface area (Å²) in [4.78, 5) is 10.8. The Labute approximate surface area is 94.5 Å². The maximum absolute atomic E-state index is 10.8. The summed E-state index contributed by atoms with van der Waals surface area (Å²) < 4.78 is 0. The summed E-state index contributed by atoms with van der Waals surface area (Å²) in [6, 6.07) is 10.1. The van der Waals surface area contributed by atoms with Gasteiger partial charge < -0.3 is 5.11 Å². The molecule has 82 valence electrons. The second-order valence-corrected chi connectivity index (χ2v) is 4.09. The van der Waals surface area contributed by atoms with Gasteiger partial charge in [0.25, 0.3) is 0 Å². The lowest BCUT2D eigenvalue weighted by Crippen LogP contribution is -2.04. The standard InChI is InChI=1S/C14H14O2/c1-9-7-11-5-3-4-6-12(11)10(2)13(9)8-14(15)16/h3-7H,8H2,1-2H3,(H,15,16). The fourth-order valence-electron chi connectivity index (χ4n) is 2.17. The molecule has 0 radical (unpaired) electrons. The van der Waals surface area contributed by atoms with E-state index in [1.165, 1.54) is 5.39 Å². The maximum atomic E-state index is 10.8. The van der Waals surface area contributed by atoms with Gasteiger partial charge in [0.05, 0.1) is 6.42 Å². The van der Waals surface area contributed by atoms with E-state index in [0.29, 0.717) is 0 Å². The smallest absolute Gasteiger partial charge is 0.307 e. The highest BCUT2D eigenvalue weighted by atomic mass is 16.4. The molecule has 0 fully saturated rings. The number of benzene rings is 2. The number of hydrogen-bond acceptors (Lipinski definition) is 1. The molecule has 0 amide bonds. The van der Waals surface area contributed by atoms with Crippen LogP contribution in [0.4, 0.5) is 0 Å².